The highest BCUT2D eigenvalue weighted by atomic mass is 31.0. The predicted molar refractivity (Wildman–Crippen MR) is 34.6 cm³/mol. The van der Waals surface area contributed by atoms with Crippen LogP contribution in [-0.4, -0.2) is 30.0 Å². The van der Waals surface area contributed by atoms with Crippen LogP contribution in [0.3, 0.4) is 0 Å². The Labute approximate surface area is 51.4 Å². The number of hydrogen-bond acceptors (Lipinski definition) is 2. The molecule has 0 aromatic heterocycles. The third kappa shape index (κ3) is 0.680. The number of nitrogens with zero attached hydrogens (tertiary/aromatic N) is 1. The first kappa shape index (κ1) is 5.16. The molecule has 2 aliphatic heterocycles. The van der Waals surface area contributed by atoms with Gasteiger partial charge in [0.1, 0.15) is 0 Å². The smallest absolute Gasteiger partial charge is 0.0968 e. The van der Waals surface area contributed by atoms with Gasteiger partial charge in [-0.2, -0.15) is 0 Å². The Balaban J connectivity index is 1.87. The van der Waals surface area contributed by atoms with Gasteiger partial charge in [0, 0.05) is 12.6 Å². The summed E-state index contributed by atoms with van der Waals surface area (Å²) in [5, 5.41) is 0. The van der Waals surface area contributed by atoms with E-state index in [1.165, 1.54) is 13.0 Å². The van der Waals surface area contributed by atoms with Crippen LogP contribution < -0.4 is 0 Å². The van der Waals surface area contributed by atoms with Crippen molar-refractivity contribution < 1.29 is 4.74 Å². The lowest BCUT2D eigenvalue weighted by Gasteiger charge is -2.36. The molecule has 0 aliphatic carbocycles. The molecule has 0 bridgehead atoms. The quantitative estimate of drug-likeness (QED) is 0.374. The molecule has 0 amide bonds. The van der Waals surface area contributed by atoms with Gasteiger partial charge >= 0.3 is 0 Å². The first-order valence-electron chi connectivity index (χ1n) is 3.01. The van der Waals surface area contributed by atoms with Crippen LogP contribution in [0.1, 0.15) is 6.42 Å². The second-order valence-electron chi connectivity index (χ2n) is 2.47. The summed E-state index contributed by atoms with van der Waals surface area (Å²) in [5.41, 5.74) is 0. The monoisotopic (exact) mass is 131 g/mol. The SMILES string of the molecule is PN1CCC1C1CO1. The van der Waals surface area contributed by atoms with E-state index in [-0.39, 0.29) is 0 Å². The summed E-state index contributed by atoms with van der Waals surface area (Å²) < 4.78 is 7.40. The molecule has 0 aromatic rings. The molecule has 3 atom stereocenters. The summed E-state index contributed by atoms with van der Waals surface area (Å²) in [6.07, 6.45) is 1.91. The van der Waals surface area contributed by atoms with Gasteiger partial charge in [-0.25, -0.2) is 0 Å². The standard InChI is InChI=1S/C5H10NOP/c8-6-2-1-4(6)5-3-7-5/h4-5H,1-3,8H2. The number of ether oxygens (including phenoxy) is 1. The van der Waals surface area contributed by atoms with Crippen molar-refractivity contribution in [1.29, 1.82) is 0 Å². The first-order chi connectivity index (χ1) is 3.88. The molecule has 2 nitrogen and oxygen atoms in total. The molecule has 46 valence electrons. The molecule has 2 rings (SSSR count). The zero-order valence-corrected chi connectivity index (χ0v) is 5.86. The fraction of sp³-hybridized carbons (Fsp3) is 1.00. The average Bonchev–Trinajstić information content (AvgIpc) is 2.46. The van der Waals surface area contributed by atoms with E-state index in [0.717, 1.165) is 12.6 Å². The molecule has 0 saturated carbocycles. The minimum Gasteiger partial charge on any atom is -0.371 e. The van der Waals surface area contributed by atoms with Crippen molar-refractivity contribution in [3.05, 3.63) is 0 Å². The molecule has 8 heavy (non-hydrogen) atoms. The third-order valence-electron chi connectivity index (χ3n) is 1.90. The maximum Gasteiger partial charge on any atom is 0.0968 e. The summed E-state index contributed by atoms with van der Waals surface area (Å²) in [6.45, 7) is 2.23. The Bertz CT molecular complexity index is 103. The van der Waals surface area contributed by atoms with E-state index in [4.69, 9.17) is 4.74 Å². The molecule has 2 fully saturated rings. The highest BCUT2D eigenvalue weighted by Crippen LogP contribution is 2.31. The maximum atomic E-state index is 5.13. The largest absolute Gasteiger partial charge is 0.371 e. The fourth-order valence-corrected chi connectivity index (χ4v) is 1.59. The van der Waals surface area contributed by atoms with Crippen molar-refractivity contribution in [3.8, 4) is 0 Å². The van der Waals surface area contributed by atoms with Gasteiger partial charge < -0.3 is 4.74 Å². The topological polar surface area (TPSA) is 15.8 Å². The minimum absolute atomic E-state index is 0.584. The van der Waals surface area contributed by atoms with E-state index in [9.17, 15) is 0 Å². The Morgan fingerprint density at radius 3 is 2.50 bits per heavy atom. The van der Waals surface area contributed by atoms with Gasteiger partial charge in [-0.1, -0.05) is 9.39 Å². The Hall–Kier alpha value is 0.350. The lowest BCUT2D eigenvalue weighted by atomic mass is 10.0. The van der Waals surface area contributed by atoms with Crippen molar-refractivity contribution in [1.82, 2.24) is 4.67 Å². The summed E-state index contributed by atoms with van der Waals surface area (Å²) >= 11 is 0. The lowest BCUT2D eigenvalue weighted by molar-refractivity contribution is 0.172. The van der Waals surface area contributed by atoms with Crippen LogP contribution in [-0.2, 0) is 4.74 Å². The van der Waals surface area contributed by atoms with Gasteiger partial charge in [0.25, 0.3) is 0 Å². The Morgan fingerprint density at radius 2 is 2.38 bits per heavy atom. The molecule has 2 saturated heterocycles. The lowest BCUT2D eigenvalue weighted by Crippen LogP contribution is -2.44. The summed E-state index contributed by atoms with van der Waals surface area (Å²) in [5.74, 6) is 0. The minimum atomic E-state index is 0.584. The molecule has 0 radical (unpaired) electrons. The number of rotatable bonds is 1. The molecule has 0 spiro atoms. The Kier molecular flexibility index (Phi) is 1.07. The van der Waals surface area contributed by atoms with Crippen LogP contribution in [0.5, 0.6) is 0 Å². The summed E-state index contributed by atoms with van der Waals surface area (Å²) in [7, 11) is 2.72. The van der Waals surface area contributed by atoms with Gasteiger partial charge in [0.05, 0.1) is 12.7 Å². The maximum absolute atomic E-state index is 5.13. The zero-order valence-electron chi connectivity index (χ0n) is 4.71. The van der Waals surface area contributed by atoms with Crippen LogP contribution in [0.4, 0.5) is 0 Å². The van der Waals surface area contributed by atoms with Gasteiger partial charge in [0.2, 0.25) is 0 Å². The van der Waals surface area contributed by atoms with Crippen molar-refractivity contribution in [2.45, 2.75) is 18.6 Å². The van der Waals surface area contributed by atoms with Crippen molar-refractivity contribution in [3.63, 3.8) is 0 Å². The summed E-state index contributed by atoms with van der Waals surface area (Å²) in [6, 6.07) is 0.736. The fourth-order valence-electron chi connectivity index (χ4n) is 1.10. The molecule has 0 N–H and O–H groups in total. The van der Waals surface area contributed by atoms with Gasteiger partial charge in [0.15, 0.2) is 0 Å². The molecule has 3 unspecified atom stereocenters. The Morgan fingerprint density at radius 1 is 1.62 bits per heavy atom. The van der Waals surface area contributed by atoms with Gasteiger partial charge in [-0.05, 0) is 6.42 Å². The van der Waals surface area contributed by atoms with Gasteiger partial charge in [-0.15, -0.1) is 0 Å². The summed E-state index contributed by atoms with van der Waals surface area (Å²) in [4.78, 5) is 0. The first-order valence-corrected chi connectivity index (χ1v) is 3.52. The molecule has 3 heteroatoms. The highest BCUT2D eigenvalue weighted by molar-refractivity contribution is 7.13. The van der Waals surface area contributed by atoms with Crippen molar-refractivity contribution in [2.75, 3.05) is 13.2 Å². The van der Waals surface area contributed by atoms with Crippen LogP contribution in [0.2, 0.25) is 0 Å². The van der Waals surface area contributed by atoms with E-state index < -0.39 is 0 Å². The predicted octanol–water partition coefficient (Wildman–Crippen LogP) is 0.250. The van der Waals surface area contributed by atoms with Gasteiger partial charge in [-0.3, -0.25) is 4.67 Å². The van der Waals surface area contributed by atoms with E-state index >= 15 is 0 Å². The van der Waals surface area contributed by atoms with Crippen LogP contribution in [0.25, 0.3) is 0 Å². The number of hydrogen-bond donors (Lipinski definition) is 0. The second kappa shape index (κ2) is 1.66. The van der Waals surface area contributed by atoms with E-state index in [1.54, 1.807) is 0 Å². The third-order valence-corrected chi connectivity index (χ3v) is 2.54. The van der Waals surface area contributed by atoms with Crippen LogP contribution in [0, 0.1) is 0 Å². The highest BCUT2D eigenvalue weighted by Gasteiger charge is 2.40. The van der Waals surface area contributed by atoms with E-state index in [2.05, 4.69) is 14.1 Å². The molecular formula is C5H10NOP. The van der Waals surface area contributed by atoms with Crippen molar-refractivity contribution in [2.24, 2.45) is 0 Å². The van der Waals surface area contributed by atoms with E-state index in [0.29, 0.717) is 6.10 Å². The molecule has 2 heterocycles. The average molecular weight is 131 g/mol. The molecule has 0 aromatic carbocycles. The normalized spacial score (nSPS) is 46.1. The van der Waals surface area contributed by atoms with Crippen LogP contribution in [0.15, 0.2) is 0 Å². The zero-order chi connectivity index (χ0) is 5.56. The van der Waals surface area contributed by atoms with E-state index in [1.807, 2.05) is 0 Å². The molecule has 2 aliphatic rings. The van der Waals surface area contributed by atoms with Crippen molar-refractivity contribution >= 4 is 9.39 Å². The molecular weight excluding hydrogens is 121 g/mol. The number of epoxide rings is 1. The van der Waals surface area contributed by atoms with Crippen LogP contribution >= 0.6 is 9.39 Å². The second-order valence-corrected chi connectivity index (χ2v) is 3.13.